The molecule has 1 N–H and O–H groups in total. The molecule has 5 nitrogen and oxygen atoms in total. The number of pyridine rings is 1. The van der Waals surface area contributed by atoms with Gasteiger partial charge in [0.2, 0.25) is 0 Å². The summed E-state index contributed by atoms with van der Waals surface area (Å²) in [5.74, 6) is -0.310. The minimum atomic E-state index is -4.41. The van der Waals surface area contributed by atoms with E-state index in [4.69, 9.17) is 9.47 Å². The van der Waals surface area contributed by atoms with Gasteiger partial charge in [-0.15, -0.1) is 0 Å². The van der Waals surface area contributed by atoms with Gasteiger partial charge < -0.3 is 14.6 Å². The van der Waals surface area contributed by atoms with Crippen molar-refractivity contribution in [2.75, 3.05) is 6.61 Å². The van der Waals surface area contributed by atoms with E-state index in [9.17, 15) is 23.1 Å². The lowest BCUT2D eigenvalue weighted by Crippen LogP contribution is -2.11. The molecule has 0 spiro atoms. The molecule has 8 heteroatoms. The lowest BCUT2D eigenvalue weighted by Gasteiger charge is -2.21. The van der Waals surface area contributed by atoms with Crippen LogP contribution in [0.1, 0.15) is 56.0 Å². The summed E-state index contributed by atoms with van der Waals surface area (Å²) in [6, 6.07) is 15.1. The van der Waals surface area contributed by atoms with Gasteiger partial charge in [0, 0.05) is 5.56 Å². The summed E-state index contributed by atoms with van der Waals surface area (Å²) in [4.78, 5) is 16.0. The second-order valence-corrected chi connectivity index (χ2v) is 8.15. The van der Waals surface area contributed by atoms with Gasteiger partial charge in [-0.25, -0.2) is 9.78 Å². The molecule has 2 aromatic carbocycles. The van der Waals surface area contributed by atoms with Crippen LogP contribution in [0.4, 0.5) is 13.2 Å². The van der Waals surface area contributed by atoms with E-state index in [0.29, 0.717) is 47.0 Å². The number of hydrogen-bond acceptors (Lipinski definition) is 4. The van der Waals surface area contributed by atoms with Crippen LogP contribution in [0.15, 0.2) is 67.2 Å². The third-order valence-corrected chi connectivity index (χ3v) is 5.55. The Hall–Kier alpha value is -3.81. The number of aromatic nitrogens is 1. The van der Waals surface area contributed by atoms with Crippen LogP contribution < -0.4 is 9.47 Å². The monoisotopic (exact) mass is 499 g/mol. The Bertz CT molecular complexity index is 1210. The predicted octanol–water partition coefficient (Wildman–Crippen LogP) is 7.57. The van der Waals surface area contributed by atoms with Crippen LogP contribution in [-0.2, 0) is 11.0 Å². The molecule has 190 valence electrons. The SMILES string of the molecule is C=C(C(=O)O)c1ccc(OC(CCCC)c2cccc(-c3ccc(C(F)(F)F)cc3)n2)c(OCC)c1. The summed E-state index contributed by atoms with van der Waals surface area (Å²) in [6.45, 7) is 7.81. The first-order chi connectivity index (χ1) is 17.1. The van der Waals surface area contributed by atoms with Crippen LogP contribution in [0.5, 0.6) is 11.5 Å². The first-order valence-electron chi connectivity index (χ1n) is 11.6. The summed E-state index contributed by atoms with van der Waals surface area (Å²) in [5, 5.41) is 9.26. The predicted molar refractivity (Wildman–Crippen MR) is 132 cm³/mol. The number of hydrogen-bond donors (Lipinski definition) is 1. The van der Waals surface area contributed by atoms with E-state index in [2.05, 4.69) is 18.5 Å². The van der Waals surface area contributed by atoms with E-state index in [-0.39, 0.29) is 5.57 Å². The summed E-state index contributed by atoms with van der Waals surface area (Å²) < 4.78 is 50.8. The van der Waals surface area contributed by atoms with Gasteiger partial charge in [-0.3, -0.25) is 0 Å². The van der Waals surface area contributed by atoms with Crippen molar-refractivity contribution in [1.29, 1.82) is 0 Å². The number of benzene rings is 2. The Kier molecular flexibility index (Phi) is 8.74. The molecule has 3 aromatic rings. The standard InChI is InChI=1S/C28H28F3NO4/c1-4-6-10-24(36-25-16-13-20(18(3)27(33)34)17-26(25)35-5-2)23-9-7-8-22(32-23)19-11-14-21(15-12-19)28(29,30)31/h7-9,11-17,24H,3-6,10H2,1-2H3,(H,33,34). The van der Waals surface area contributed by atoms with E-state index in [1.807, 2.05) is 13.0 Å². The van der Waals surface area contributed by atoms with Crippen molar-refractivity contribution in [3.8, 4) is 22.8 Å². The molecule has 0 aliphatic carbocycles. The zero-order valence-corrected chi connectivity index (χ0v) is 20.1. The van der Waals surface area contributed by atoms with Gasteiger partial charge in [-0.1, -0.05) is 44.2 Å². The molecule has 0 saturated heterocycles. The first-order valence-corrected chi connectivity index (χ1v) is 11.6. The molecule has 1 heterocycles. The highest BCUT2D eigenvalue weighted by Gasteiger charge is 2.30. The van der Waals surface area contributed by atoms with E-state index >= 15 is 0 Å². The van der Waals surface area contributed by atoms with Crippen molar-refractivity contribution < 1.29 is 32.5 Å². The topological polar surface area (TPSA) is 68.7 Å². The normalized spacial score (nSPS) is 12.1. The Morgan fingerprint density at radius 3 is 2.39 bits per heavy atom. The number of carbonyl (C=O) groups is 1. The molecular weight excluding hydrogens is 471 g/mol. The smallest absolute Gasteiger partial charge is 0.416 e. The van der Waals surface area contributed by atoms with Crippen molar-refractivity contribution in [3.05, 3.63) is 84.1 Å². The van der Waals surface area contributed by atoms with Crippen molar-refractivity contribution in [2.24, 2.45) is 0 Å². The molecule has 3 rings (SSSR count). The number of carboxylic acid groups (broad SMARTS) is 1. The third-order valence-electron chi connectivity index (χ3n) is 5.55. The fourth-order valence-electron chi connectivity index (χ4n) is 3.62. The summed E-state index contributed by atoms with van der Waals surface area (Å²) in [7, 11) is 0. The lowest BCUT2D eigenvalue weighted by molar-refractivity contribution is -0.137. The second-order valence-electron chi connectivity index (χ2n) is 8.15. The van der Waals surface area contributed by atoms with Gasteiger partial charge in [0.05, 0.1) is 29.1 Å². The number of alkyl halides is 3. The number of rotatable bonds is 11. The molecular formula is C28H28F3NO4. The van der Waals surface area contributed by atoms with Crippen LogP contribution in [0.3, 0.4) is 0 Å². The molecule has 1 unspecified atom stereocenters. The van der Waals surface area contributed by atoms with Gasteiger partial charge in [0.15, 0.2) is 11.5 Å². The maximum atomic E-state index is 12.9. The number of nitrogens with zero attached hydrogens (tertiary/aromatic N) is 1. The van der Waals surface area contributed by atoms with Crippen LogP contribution in [0, 0.1) is 0 Å². The van der Waals surface area contributed by atoms with E-state index in [0.717, 1.165) is 25.0 Å². The van der Waals surface area contributed by atoms with Crippen molar-refractivity contribution in [2.45, 2.75) is 45.4 Å². The van der Waals surface area contributed by atoms with Crippen LogP contribution in [-0.4, -0.2) is 22.7 Å². The van der Waals surface area contributed by atoms with Crippen molar-refractivity contribution >= 4 is 11.5 Å². The van der Waals surface area contributed by atoms with Gasteiger partial charge in [-0.05, 0) is 61.7 Å². The number of carboxylic acids is 1. The zero-order valence-electron chi connectivity index (χ0n) is 20.1. The molecule has 0 aliphatic rings. The third kappa shape index (κ3) is 6.65. The fourth-order valence-corrected chi connectivity index (χ4v) is 3.62. The van der Waals surface area contributed by atoms with Gasteiger partial charge in [-0.2, -0.15) is 13.2 Å². The average Bonchev–Trinajstić information content (AvgIpc) is 2.86. The highest BCUT2D eigenvalue weighted by Crippen LogP contribution is 2.36. The molecule has 1 atom stereocenters. The Balaban J connectivity index is 1.93. The molecule has 0 bridgehead atoms. The minimum absolute atomic E-state index is 0.0593. The van der Waals surface area contributed by atoms with Crippen molar-refractivity contribution in [1.82, 2.24) is 4.98 Å². The van der Waals surface area contributed by atoms with Crippen LogP contribution in [0.2, 0.25) is 0 Å². The van der Waals surface area contributed by atoms with Gasteiger partial charge >= 0.3 is 12.1 Å². The molecule has 0 saturated carbocycles. The molecule has 0 radical (unpaired) electrons. The number of halogens is 3. The molecule has 0 aliphatic heterocycles. The number of unbranched alkanes of at least 4 members (excludes halogenated alkanes) is 1. The number of aliphatic carboxylic acids is 1. The molecule has 36 heavy (non-hydrogen) atoms. The quantitative estimate of drug-likeness (QED) is 0.276. The summed E-state index contributed by atoms with van der Waals surface area (Å²) in [5.41, 5.74) is 1.35. The summed E-state index contributed by atoms with van der Waals surface area (Å²) >= 11 is 0. The van der Waals surface area contributed by atoms with E-state index < -0.39 is 23.8 Å². The van der Waals surface area contributed by atoms with Gasteiger partial charge in [0.25, 0.3) is 0 Å². The van der Waals surface area contributed by atoms with E-state index in [1.165, 1.54) is 12.1 Å². The van der Waals surface area contributed by atoms with E-state index in [1.54, 1.807) is 30.3 Å². The molecule has 1 aromatic heterocycles. The molecule has 0 fully saturated rings. The van der Waals surface area contributed by atoms with Gasteiger partial charge in [0.1, 0.15) is 6.10 Å². The van der Waals surface area contributed by atoms with Crippen LogP contribution >= 0.6 is 0 Å². The maximum Gasteiger partial charge on any atom is 0.416 e. The van der Waals surface area contributed by atoms with Crippen LogP contribution in [0.25, 0.3) is 16.8 Å². The maximum absolute atomic E-state index is 12.9. The molecule has 0 amide bonds. The number of ether oxygens (including phenoxy) is 2. The minimum Gasteiger partial charge on any atom is -0.490 e. The largest absolute Gasteiger partial charge is 0.490 e. The van der Waals surface area contributed by atoms with Crippen molar-refractivity contribution in [3.63, 3.8) is 0 Å². The lowest BCUT2D eigenvalue weighted by atomic mass is 10.0. The summed E-state index contributed by atoms with van der Waals surface area (Å²) in [6.07, 6.45) is -2.43. The highest BCUT2D eigenvalue weighted by molar-refractivity contribution is 6.14. The Morgan fingerprint density at radius 2 is 1.78 bits per heavy atom. The average molecular weight is 500 g/mol. The Morgan fingerprint density at radius 1 is 1.06 bits per heavy atom. The fraction of sp³-hybridized carbons (Fsp3) is 0.286. The zero-order chi connectivity index (χ0) is 26.3. The first kappa shape index (κ1) is 26.8. The highest BCUT2D eigenvalue weighted by atomic mass is 19.4. The Labute approximate surface area is 208 Å². The second kappa shape index (κ2) is 11.7.